The van der Waals surface area contributed by atoms with Crippen LogP contribution in [-0.2, 0) is 4.79 Å². The van der Waals surface area contributed by atoms with Crippen molar-refractivity contribution < 1.29 is 14.8 Å². The predicted molar refractivity (Wildman–Crippen MR) is 58.7 cm³/mol. The Hall–Kier alpha value is -1.82. The van der Waals surface area contributed by atoms with E-state index in [-0.39, 0.29) is 29.4 Å². The molecule has 0 saturated carbocycles. The molecule has 0 atom stereocenters. The van der Waals surface area contributed by atoms with Crippen molar-refractivity contribution in [3.05, 3.63) is 28.3 Å². The third kappa shape index (κ3) is 3.09. The number of nitro benzene ring substituents is 1. The van der Waals surface area contributed by atoms with Crippen LogP contribution in [0.2, 0.25) is 0 Å². The van der Waals surface area contributed by atoms with Gasteiger partial charge in [0.25, 0.3) is 5.69 Å². The summed E-state index contributed by atoms with van der Waals surface area (Å²) >= 11 is 5.35. The zero-order valence-electron chi connectivity index (χ0n) is 8.14. The molecule has 1 rings (SSSR count). The number of phenolic OH excluding ortho intramolecular Hbond substituents is 1. The molecule has 16 heavy (non-hydrogen) atoms. The molecule has 0 bridgehead atoms. The number of nitrogens with one attached hydrogen (secondary N) is 1. The highest BCUT2D eigenvalue weighted by Crippen LogP contribution is 2.27. The Morgan fingerprint density at radius 2 is 2.25 bits per heavy atom. The van der Waals surface area contributed by atoms with Crippen LogP contribution in [0.15, 0.2) is 18.2 Å². The molecule has 1 aromatic rings. The molecule has 0 spiro atoms. The molecule has 0 aromatic heterocycles. The van der Waals surface area contributed by atoms with Gasteiger partial charge in [0.1, 0.15) is 5.75 Å². The molecule has 0 aliphatic carbocycles. The number of nitro groups is 1. The molecule has 7 heteroatoms. The zero-order valence-corrected chi connectivity index (χ0v) is 8.90. The number of hydrogen-bond acceptors (Lipinski definition) is 4. The second kappa shape index (κ2) is 5.32. The molecule has 2 N–H and O–H groups in total. The number of carbonyl (C=O) groups excluding carboxylic acids is 1. The van der Waals surface area contributed by atoms with E-state index in [0.717, 1.165) is 18.2 Å². The number of anilines is 1. The summed E-state index contributed by atoms with van der Waals surface area (Å²) in [6.45, 7) is 0. The van der Waals surface area contributed by atoms with Crippen LogP contribution >= 0.6 is 11.6 Å². The number of halogens is 1. The van der Waals surface area contributed by atoms with E-state index in [9.17, 15) is 20.0 Å². The van der Waals surface area contributed by atoms with Crippen molar-refractivity contribution in [3.8, 4) is 5.75 Å². The Labute approximate surface area is 96.0 Å². The second-order valence-corrected chi connectivity index (χ2v) is 3.32. The van der Waals surface area contributed by atoms with Crippen molar-refractivity contribution in [2.24, 2.45) is 0 Å². The van der Waals surface area contributed by atoms with E-state index in [1.165, 1.54) is 0 Å². The largest absolute Gasteiger partial charge is 0.506 e. The minimum atomic E-state index is -0.614. The molecular formula is C9H9ClN2O4. The summed E-state index contributed by atoms with van der Waals surface area (Å²) in [6, 6.07) is 3.38. The average Bonchev–Trinajstić information content (AvgIpc) is 2.21. The molecular weight excluding hydrogens is 236 g/mol. The molecule has 1 aromatic carbocycles. The van der Waals surface area contributed by atoms with Crippen LogP contribution in [0.4, 0.5) is 11.4 Å². The molecule has 0 radical (unpaired) electrons. The normalized spacial score (nSPS) is 9.81. The monoisotopic (exact) mass is 244 g/mol. The van der Waals surface area contributed by atoms with Crippen molar-refractivity contribution in [1.29, 1.82) is 0 Å². The van der Waals surface area contributed by atoms with Gasteiger partial charge in [0, 0.05) is 24.4 Å². The van der Waals surface area contributed by atoms with E-state index < -0.39 is 10.8 Å². The summed E-state index contributed by atoms with van der Waals surface area (Å²) in [5, 5.41) is 22.2. The van der Waals surface area contributed by atoms with Gasteiger partial charge in [-0.05, 0) is 6.07 Å². The maximum absolute atomic E-state index is 11.2. The van der Waals surface area contributed by atoms with Crippen LogP contribution in [0.3, 0.4) is 0 Å². The first-order valence-electron chi connectivity index (χ1n) is 4.38. The van der Waals surface area contributed by atoms with Crippen LogP contribution < -0.4 is 5.32 Å². The molecule has 0 saturated heterocycles. The number of nitrogens with zero attached hydrogens (tertiary/aromatic N) is 1. The third-order valence-corrected chi connectivity index (χ3v) is 1.98. The molecule has 0 fully saturated rings. The summed E-state index contributed by atoms with van der Waals surface area (Å²) in [5.41, 5.74) is -0.205. The van der Waals surface area contributed by atoms with Gasteiger partial charge in [-0.2, -0.15) is 0 Å². The van der Waals surface area contributed by atoms with E-state index in [0.29, 0.717) is 0 Å². The van der Waals surface area contributed by atoms with Crippen molar-refractivity contribution in [2.45, 2.75) is 6.42 Å². The van der Waals surface area contributed by atoms with E-state index in [1.54, 1.807) is 0 Å². The number of amides is 1. The minimum Gasteiger partial charge on any atom is -0.506 e. The molecule has 0 aliphatic rings. The van der Waals surface area contributed by atoms with Crippen LogP contribution in [0.25, 0.3) is 0 Å². The van der Waals surface area contributed by atoms with Gasteiger partial charge < -0.3 is 10.4 Å². The Kier molecular flexibility index (Phi) is 4.07. The fourth-order valence-electron chi connectivity index (χ4n) is 1.04. The Bertz CT molecular complexity index is 422. The highest BCUT2D eigenvalue weighted by Gasteiger charge is 2.12. The topological polar surface area (TPSA) is 92.5 Å². The van der Waals surface area contributed by atoms with Crippen molar-refractivity contribution >= 4 is 28.9 Å². The fraction of sp³-hybridized carbons (Fsp3) is 0.222. The van der Waals surface area contributed by atoms with E-state index in [4.69, 9.17) is 11.6 Å². The number of aromatic hydroxyl groups is 1. The second-order valence-electron chi connectivity index (χ2n) is 2.95. The molecule has 0 aliphatic heterocycles. The quantitative estimate of drug-likeness (QED) is 0.366. The standard InChI is InChI=1S/C9H9ClN2O4/c10-4-3-9(14)11-7-5-6(12(15)16)1-2-8(7)13/h1-2,5,13H,3-4H2,(H,11,14). The lowest BCUT2D eigenvalue weighted by molar-refractivity contribution is -0.384. The SMILES string of the molecule is O=C(CCCl)Nc1cc([N+](=O)[O-])ccc1O. The fourth-order valence-corrected chi connectivity index (χ4v) is 1.21. The van der Waals surface area contributed by atoms with Gasteiger partial charge in [-0.25, -0.2) is 0 Å². The molecule has 6 nitrogen and oxygen atoms in total. The molecule has 86 valence electrons. The molecule has 0 unspecified atom stereocenters. The number of benzene rings is 1. The van der Waals surface area contributed by atoms with Gasteiger partial charge in [0.2, 0.25) is 5.91 Å². The van der Waals surface area contributed by atoms with Crippen LogP contribution in [0.1, 0.15) is 6.42 Å². The lowest BCUT2D eigenvalue weighted by Gasteiger charge is -2.05. The third-order valence-electron chi connectivity index (χ3n) is 1.79. The van der Waals surface area contributed by atoms with Crippen LogP contribution in [0, 0.1) is 10.1 Å². The van der Waals surface area contributed by atoms with Gasteiger partial charge in [-0.15, -0.1) is 11.6 Å². The van der Waals surface area contributed by atoms with Crippen LogP contribution in [0.5, 0.6) is 5.75 Å². The van der Waals surface area contributed by atoms with Crippen LogP contribution in [-0.4, -0.2) is 21.8 Å². The van der Waals surface area contributed by atoms with Gasteiger partial charge in [-0.3, -0.25) is 14.9 Å². The van der Waals surface area contributed by atoms with Crippen molar-refractivity contribution in [1.82, 2.24) is 0 Å². The minimum absolute atomic E-state index is 0.00400. The maximum Gasteiger partial charge on any atom is 0.271 e. The summed E-state index contributed by atoms with van der Waals surface area (Å²) < 4.78 is 0. The van der Waals surface area contributed by atoms with Gasteiger partial charge in [0.05, 0.1) is 10.6 Å². The van der Waals surface area contributed by atoms with E-state index in [1.807, 2.05) is 0 Å². The summed E-state index contributed by atoms with van der Waals surface area (Å²) in [5.74, 6) is -0.499. The smallest absolute Gasteiger partial charge is 0.271 e. The maximum atomic E-state index is 11.2. The van der Waals surface area contributed by atoms with Gasteiger partial charge in [-0.1, -0.05) is 0 Å². The first-order valence-corrected chi connectivity index (χ1v) is 4.91. The van der Waals surface area contributed by atoms with Gasteiger partial charge >= 0.3 is 0 Å². The number of alkyl halides is 1. The molecule has 1 amide bonds. The Balaban J connectivity index is 2.90. The number of rotatable bonds is 4. The Morgan fingerprint density at radius 1 is 1.56 bits per heavy atom. The van der Waals surface area contributed by atoms with E-state index in [2.05, 4.69) is 5.32 Å². The van der Waals surface area contributed by atoms with E-state index >= 15 is 0 Å². The number of non-ortho nitro benzene ring substituents is 1. The Morgan fingerprint density at radius 3 is 2.81 bits per heavy atom. The number of hydrogen-bond donors (Lipinski definition) is 2. The highest BCUT2D eigenvalue weighted by atomic mass is 35.5. The lowest BCUT2D eigenvalue weighted by Crippen LogP contribution is -2.11. The predicted octanol–water partition coefficient (Wildman–Crippen LogP) is 1.87. The summed E-state index contributed by atoms with van der Waals surface area (Å²) in [6.07, 6.45) is 0.0731. The van der Waals surface area contributed by atoms with Crippen molar-refractivity contribution in [2.75, 3.05) is 11.2 Å². The highest BCUT2D eigenvalue weighted by molar-refractivity contribution is 6.19. The number of carbonyl (C=O) groups is 1. The summed E-state index contributed by atoms with van der Waals surface area (Å²) in [4.78, 5) is 21.0. The molecule has 0 heterocycles. The van der Waals surface area contributed by atoms with Gasteiger partial charge in [0.15, 0.2) is 0 Å². The summed E-state index contributed by atoms with van der Waals surface area (Å²) in [7, 11) is 0. The zero-order chi connectivity index (χ0) is 12.1. The van der Waals surface area contributed by atoms with Crippen molar-refractivity contribution in [3.63, 3.8) is 0 Å². The first kappa shape index (κ1) is 12.3. The lowest BCUT2D eigenvalue weighted by atomic mass is 10.2. The average molecular weight is 245 g/mol. The number of phenols is 1. The first-order chi connectivity index (χ1) is 7.54.